The van der Waals surface area contributed by atoms with Gasteiger partial charge in [0, 0.05) is 6.54 Å². The van der Waals surface area contributed by atoms with E-state index >= 15 is 0 Å². The first kappa shape index (κ1) is 9.57. The SMILES string of the molecule is Clc1nc(Cl)nc(N2CC3CC2CO3)n1. The van der Waals surface area contributed by atoms with E-state index in [-0.39, 0.29) is 10.6 Å². The van der Waals surface area contributed by atoms with Crippen molar-refractivity contribution in [3.05, 3.63) is 10.6 Å². The van der Waals surface area contributed by atoms with Crippen molar-refractivity contribution in [2.24, 2.45) is 0 Å². The summed E-state index contributed by atoms with van der Waals surface area (Å²) in [6, 6.07) is 0.351. The molecular formula is C8H8Cl2N4O. The van der Waals surface area contributed by atoms with Crippen LogP contribution in [0.2, 0.25) is 10.6 Å². The molecule has 0 spiro atoms. The maximum atomic E-state index is 5.73. The third-order valence-corrected chi connectivity index (χ3v) is 3.06. The van der Waals surface area contributed by atoms with Gasteiger partial charge < -0.3 is 9.64 Å². The van der Waals surface area contributed by atoms with Crippen molar-refractivity contribution >= 4 is 29.2 Å². The highest BCUT2D eigenvalue weighted by Gasteiger charge is 2.40. The molecule has 5 nitrogen and oxygen atoms in total. The first-order valence-electron chi connectivity index (χ1n) is 4.68. The molecule has 2 saturated heterocycles. The Morgan fingerprint density at radius 2 is 1.93 bits per heavy atom. The first-order chi connectivity index (χ1) is 7.22. The van der Waals surface area contributed by atoms with E-state index in [1.807, 2.05) is 0 Å². The lowest BCUT2D eigenvalue weighted by atomic mass is 10.2. The molecule has 15 heavy (non-hydrogen) atoms. The number of hydrogen-bond acceptors (Lipinski definition) is 5. The molecule has 3 rings (SSSR count). The van der Waals surface area contributed by atoms with Gasteiger partial charge in [-0.1, -0.05) is 0 Å². The van der Waals surface area contributed by atoms with Crippen LogP contribution in [-0.4, -0.2) is 40.2 Å². The number of anilines is 1. The predicted molar refractivity (Wildman–Crippen MR) is 55.3 cm³/mol. The Bertz CT molecular complexity index is 382. The Kier molecular flexibility index (Phi) is 2.19. The molecule has 2 fully saturated rings. The summed E-state index contributed by atoms with van der Waals surface area (Å²) >= 11 is 11.5. The molecule has 0 radical (unpaired) electrons. The molecule has 0 amide bonds. The van der Waals surface area contributed by atoms with Crippen LogP contribution in [0.1, 0.15) is 6.42 Å². The lowest BCUT2D eigenvalue weighted by Crippen LogP contribution is -2.38. The van der Waals surface area contributed by atoms with Crippen molar-refractivity contribution in [1.29, 1.82) is 0 Å². The number of rotatable bonds is 1. The minimum absolute atomic E-state index is 0.133. The summed E-state index contributed by atoms with van der Waals surface area (Å²) in [5, 5.41) is 0.266. The van der Waals surface area contributed by atoms with Crippen LogP contribution in [0.5, 0.6) is 0 Å². The second-order valence-corrected chi connectivity index (χ2v) is 4.35. The summed E-state index contributed by atoms with van der Waals surface area (Å²) in [7, 11) is 0. The van der Waals surface area contributed by atoms with Crippen molar-refractivity contribution in [3.8, 4) is 0 Å². The lowest BCUT2D eigenvalue weighted by molar-refractivity contribution is 0.0986. The zero-order valence-corrected chi connectivity index (χ0v) is 9.24. The molecule has 2 unspecified atom stereocenters. The zero-order chi connectivity index (χ0) is 10.4. The number of halogens is 2. The average molecular weight is 247 g/mol. The van der Waals surface area contributed by atoms with E-state index in [1.54, 1.807) is 0 Å². The molecular weight excluding hydrogens is 239 g/mol. The highest BCUT2D eigenvalue weighted by molar-refractivity contribution is 6.31. The second kappa shape index (κ2) is 3.43. The van der Waals surface area contributed by atoms with Crippen LogP contribution in [0.25, 0.3) is 0 Å². The molecule has 3 heterocycles. The fraction of sp³-hybridized carbons (Fsp3) is 0.625. The molecule has 2 atom stereocenters. The molecule has 1 aromatic heterocycles. The number of fused-ring (bicyclic) bond motifs is 2. The summed E-state index contributed by atoms with van der Waals surface area (Å²) in [6.07, 6.45) is 1.32. The monoisotopic (exact) mass is 246 g/mol. The van der Waals surface area contributed by atoms with Gasteiger partial charge in [-0.2, -0.15) is 15.0 Å². The molecule has 0 aliphatic carbocycles. The Morgan fingerprint density at radius 1 is 1.20 bits per heavy atom. The number of nitrogens with zero attached hydrogens (tertiary/aromatic N) is 4. The van der Waals surface area contributed by atoms with Crippen LogP contribution in [0.4, 0.5) is 5.95 Å². The van der Waals surface area contributed by atoms with Gasteiger partial charge in [0.2, 0.25) is 16.5 Å². The summed E-state index contributed by atoms with van der Waals surface area (Å²) in [4.78, 5) is 13.9. The van der Waals surface area contributed by atoms with E-state index in [1.165, 1.54) is 0 Å². The van der Waals surface area contributed by atoms with E-state index in [4.69, 9.17) is 27.9 Å². The molecule has 2 bridgehead atoms. The lowest BCUT2D eigenvalue weighted by Gasteiger charge is -2.26. The highest BCUT2D eigenvalue weighted by Crippen LogP contribution is 2.31. The summed E-state index contributed by atoms with van der Waals surface area (Å²) in [5.41, 5.74) is 0. The average Bonchev–Trinajstić information content (AvgIpc) is 2.76. The maximum Gasteiger partial charge on any atom is 0.231 e. The van der Waals surface area contributed by atoms with E-state index in [2.05, 4.69) is 19.9 Å². The highest BCUT2D eigenvalue weighted by atomic mass is 35.5. The quantitative estimate of drug-likeness (QED) is 0.745. The van der Waals surface area contributed by atoms with Crippen LogP contribution < -0.4 is 4.90 Å². The third kappa shape index (κ3) is 1.64. The Morgan fingerprint density at radius 3 is 2.47 bits per heavy atom. The van der Waals surface area contributed by atoms with Crippen LogP contribution in [0, 0.1) is 0 Å². The molecule has 0 aromatic carbocycles. The van der Waals surface area contributed by atoms with Gasteiger partial charge in [-0.25, -0.2) is 0 Å². The molecule has 0 saturated carbocycles. The molecule has 2 aliphatic rings. The van der Waals surface area contributed by atoms with E-state index in [9.17, 15) is 0 Å². The van der Waals surface area contributed by atoms with Crippen LogP contribution in [0.15, 0.2) is 0 Å². The molecule has 80 valence electrons. The van der Waals surface area contributed by atoms with Crippen molar-refractivity contribution in [2.45, 2.75) is 18.6 Å². The van der Waals surface area contributed by atoms with Gasteiger partial charge >= 0.3 is 0 Å². The maximum absolute atomic E-state index is 5.73. The number of ether oxygens (including phenoxy) is 1. The minimum Gasteiger partial charge on any atom is -0.374 e. The topological polar surface area (TPSA) is 51.1 Å². The van der Waals surface area contributed by atoms with E-state index < -0.39 is 0 Å². The Labute approximate surface area is 96.4 Å². The second-order valence-electron chi connectivity index (χ2n) is 3.67. The number of aromatic nitrogens is 3. The molecule has 0 N–H and O–H groups in total. The molecule has 7 heteroatoms. The van der Waals surface area contributed by atoms with Gasteiger partial charge in [0.15, 0.2) is 0 Å². The fourth-order valence-electron chi connectivity index (χ4n) is 2.09. The summed E-state index contributed by atoms with van der Waals surface area (Å²) in [5.74, 6) is 0.552. The minimum atomic E-state index is 0.133. The summed E-state index contributed by atoms with van der Waals surface area (Å²) < 4.78 is 5.49. The van der Waals surface area contributed by atoms with E-state index in [0.29, 0.717) is 18.1 Å². The van der Waals surface area contributed by atoms with Crippen molar-refractivity contribution in [2.75, 3.05) is 18.1 Å². The molecule has 1 aromatic rings. The van der Waals surface area contributed by atoms with Crippen molar-refractivity contribution in [3.63, 3.8) is 0 Å². The number of morpholine rings is 1. The predicted octanol–water partition coefficient (Wildman–Crippen LogP) is 1.16. The van der Waals surface area contributed by atoms with Gasteiger partial charge in [-0.05, 0) is 29.6 Å². The molecule has 2 aliphatic heterocycles. The fourth-order valence-corrected chi connectivity index (χ4v) is 2.44. The van der Waals surface area contributed by atoms with Gasteiger partial charge in [-0.3, -0.25) is 0 Å². The Hall–Kier alpha value is -0.650. The Balaban J connectivity index is 1.93. The van der Waals surface area contributed by atoms with Crippen molar-refractivity contribution < 1.29 is 4.74 Å². The van der Waals surface area contributed by atoms with Crippen LogP contribution >= 0.6 is 23.2 Å². The van der Waals surface area contributed by atoms with Gasteiger partial charge in [0.05, 0.1) is 18.8 Å². The number of hydrogen-bond donors (Lipinski definition) is 0. The normalized spacial score (nSPS) is 28.8. The van der Waals surface area contributed by atoms with Gasteiger partial charge in [0.1, 0.15) is 0 Å². The van der Waals surface area contributed by atoms with Gasteiger partial charge in [0.25, 0.3) is 0 Å². The third-order valence-electron chi connectivity index (χ3n) is 2.73. The van der Waals surface area contributed by atoms with E-state index in [0.717, 1.165) is 19.6 Å². The van der Waals surface area contributed by atoms with Crippen LogP contribution in [-0.2, 0) is 4.74 Å². The smallest absolute Gasteiger partial charge is 0.231 e. The first-order valence-corrected chi connectivity index (χ1v) is 5.43. The summed E-state index contributed by atoms with van der Waals surface area (Å²) in [6.45, 7) is 1.53. The van der Waals surface area contributed by atoms with Crippen molar-refractivity contribution in [1.82, 2.24) is 15.0 Å². The van der Waals surface area contributed by atoms with Crippen LogP contribution in [0.3, 0.4) is 0 Å². The largest absolute Gasteiger partial charge is 0.374 e. The standard InChI is InChI=1S/C8H8Cl2N4O/c9-6-11-7(10)13-8(12-6)14-2-5-1-4(14)3-15-5/h4-5H,1-3H2. The van der Waals surface area contributed by atoms with Gasteiger partial charge in [-0.15, -0.1) is 0 Å². The zero-order valence-electron chi connectivity index (χ0n) is 7.73.